The molecule has 0 fully saturated rings. The van der Waals surface area contributed by atoms with Crippen LogP contribution in [-0.2, 0) is 0 Å². The van der Waals surface area contributed by atoms with Crippen molar-refractivity contribution in [3.63, 3.8) is 0 Å². The molecule has 0 atom stereocenters. The van der Waals surface area contributed by atoms with Crippen molar-refractivity contribution in [1.29, 1.82) is 0 Å². The van der Waals surface area contributed by atoms with Crippen LogP contribution >= 0.6 is 0 Å². The predicted octanol–water partition coefficient (Wildman–Crippen LogP) is 3.66. The summed E-state index contributed by atoms with van der Waals surface area (Å²) in [5.41, 5.74) is 6.19. The molecule has 1 nitrogen and oxygen atoms in total. The zero-order valence-electron chi connectivity index (χ0n) is 9.10. The van der Waals surface area contributed by atoms with Crippen LogP contribution in [-0.4, -0.2) is 0 Å². The Morgan fingerprint density at radius 1 is 0.882 bits per heavy atom. The van der Waals surface area contributed by atoms with Crippen LogP contribution in [0.25, 0.3) is 11.1 Å². The van der Waals surface area contributed by atoms with Crippen LogP contribution < -0.4 is 5.73 Å². The molecule has 0 amide bonds. The number of hydrogen-bond donors (Lipinski definition) is 1. The van der Waals surface area contributed by atoms with Gasteiger partial charge in [-0.25, -0.2) is 13.2 Å². The van der Waals surface area contributed by atoms with E-state index in [0.29, 0.717) is 0 Å². The molecule has 0 aliphatic carbocycles. The van der Waals surface area contributed by atoms with E-state index >= 15 is 0 Å². The van der Waals surface area contributed by atoms with Crippen LogP contribution in [0.4, 0.5) is 18.9 Å². The monoisotopic (exact) mass is 237 g/mol. The van der Waals surface area contributed by atoms with Crippen molar-refractivity contribution in [2.24, 2.45) is 0 Å². The fourth-order valence-electron chi connectivity index (χ4n) is 1.63. The highest BCUT2D eigenvalue weighted by Crippen LogP contribution is 2.30. The first-order chi connectivity index (χ1) is 7.99. The molecule has 0 saturated carbocycles. The van der Waals surface area contributed by atoms with Gasteiger partial charge in [-0.2, -0.15) is 0 Å². The van der Waals surface area contributed by atoms with Gasteiger partial charge in [0, 0.05) is 16.8 Å². The van der Waals surface area contributed by atoms with Crippen molar-refractivity contribution in [3.8, 4) is 11.1 Å². The van der Waals surface area contributed by atoms with Crippen molar-refractivity contribution >= 4 is 5.69 Å². The lowest BCUT2D eigenvalue weighted by Crippen LogP contribution is -1.95. The molecular weight excluding hydrogens is 227 g/mol. The number of nitrogens with two attached hydrogens (primary N) is 1. The van der Waals surface area contributed by atoms with Gasteiger partial charge >= 0.3 is 0 Å². The van der Waals surface area contributed by atoms with E-state index < -0.39 is 17.5 Å². The standard InChI is InChI=1S/C13H10F3N/c1-7-4-12(16)10(6-11(7)15)9-3-2-8(14)5-13(9)17/h2-6H,17H2,1H3. The van der Waals surface area contributed by atoms with Crippen molar-refractivity contribution in [3.05, 3.63) is 53.3 Å². The predicted molar refractivity (Wildman–Crippen MR) is 60.9 cm³/mol. The van der Waals surface area contributed by atoms with E-state index in [0.717, 1.165) is 24.3 Å². The van der Waals surface area contributed by atoms with Crippen LogP contribution in [0.5, 0.6) is 0 Å². The average molecular weight is 237 g/mol. The molecule has 0 heterocycles. The topological polar surface area (TPSA) is 26.0 Å². The summed E-state index contributed by atoms with van der Waals surface area (Å²) in [6, 6.07) is 5.72. The second-order valence-corrected chi connectivity index (χ2v) is 3.81. The SMILES string of the molecule is Cc1cc(F)c(-c2ccc(F)cc2N)cc1F. The molecule has 2 aromatic rings. The Balaban J connectivity index is 2.64. The molecule has 88 valence electrons. The van der Waals surface area contributed by atoms with Gasteiger partial charge in [-0.3, -0.25) is 0 Å². The van der Waals surface area contributed by atoms with Gasteiger partial charge in [0.05, 0.1) is 0 Å². The Labute approximate surface area is 96.7 Å². The highest BCUT2D eigenvalue weighted by atomic mass is 19.1. The number of rotatable bonds is 1. The number of nitrogen functional groups attached to an aromatic ring is 1. The maximum atomic E-state index is 13.7. The maximum Gasteiger partial charge on any atom is 0.131 e. The van der Waals surface area contributed by atoms with E-state index in [9.17, 15) is 13.2 Å². The lowest BCUT2D eigenvalue weighted by atomic mass is 10.0. The zero-order valence-corrected chi connectivity index (χ0v) is 9.10. The average Bonchev–Trinajstić information content (AvgIpc) is 2.24. The van der Waals surface area contributed by atoms with Crippen LogP contribution in [0.3, 0.4) is 0 Å². The molecule has 0 unspecified atom stereocenters. The summed E-state index contributed by atoms with van der Waals surface area (Å²) in [6.45, 7) is 1.47. The Morgan fingerprint density at radius 2 is 1.59 bits per heavy atom. The molecule has 2 rings (SSSR count). The van der Waals surface area contributed by atoms with E-state index in [1.165, 1.54) is 13.0 Å². The van der Waals surface area contributed by atoms with Crippen molar-refractivity contribution in [2.45, 2.75) is 6.92 Å². The normalized spacial score (nSPS) is 10.6. The molecule has 17 heavy (non-hydrogen) atoms. The van der Waals surface area contributed by atoms with Gasteiger partial charge in [-0.15, -0.1) is 0 Å². The minimum Gasteiger partial charge on any atom is -0.398 e. The van der Waals surface area contributed by atoms with Crippen LogP contribution in [0.15, 0.2) is 30.3 Å². The van der Waals surface area contributed by atoms with Gasteiger partial charge in [0.1, 0.15) is 17.5 Å². The van der Waals surface area contributed by atoms with E-state index in [2.05, 4.69) is 0 Å². The van der Waals surface area contributed by atoms with Gasteiger partial charge in [-0.1, -0.05) is 0 Å². The van der Waals surface area contributed by atoms with E-state index in [1.807, 2.05) is 0 Å². The molecule has 2 N–H and O–H groups in total. The fourth-order valence-corrected chi connectivity index (χ4v) is 1.63. The summed E-state index contributed by atoms with van der Waals surface area (Å²) >= 11 is 0. The first-order valence-electron chi connectivity index (χ1n) is 5.00. The lowest BCUT2D eigenvalue weighted by Gasteiger charge is -2.08. The fraction of sp³-hybridized carbons (Fsp3) is 0.0769. The molecule has 0 saturated heterocycles. The summed E-state index contributed by atoms with van der Waals surface area (Å²) in [5.74, 6) is -1.62. The molecule has 0 spiro atoms. The molecule has 0 radical (unpaired) electrons. The van der Waals surface area contributed by atoms with Gasteiger partial charge in [-0.05, 0) is 42.8 Å². The van der Waals surface area contributed by atoms with Gasteiger partial charge in [0.25, 0.3) is 0 Å². The van der Waals surface area contributed by atoms with E-state index in [1.54, 1.807) is 0 Å². The van der Waals surface area contributed by atoms with E-state index in [4.69, 9.17) is 5.73 Å². The number of aryl methyl sites for hydroxylation is 1. The first kappa shape index (κ1) is 11.5. The van der Waals surface area contributed by atoms with Crippen molar-refractivity contribution in [1.82, 2.24) is 0 Å². The lowest BCUT2D eigenvalue weighted by molar-refractivity contribution is 0.595. The Kier molecular flexibility index (Phi) is 2.79. The van der Waals surface area contributed by atoms with Crippen molar-refractivity contribution in [2.75, 3.05) is 5.73 Å². The molecule has 0 aliphatic rings. The Bertz CT molecular complexity index is 579. The second-order valence-electron chi connectivity index (χ2n) is 3.81. The first-order valence-corrected chi connectivity index (χ1v) is 5.00. The van der Waals surface area contributed by atoms with Crippen LogP contribution in [0.2, 0.25) is 0 Å². The summed E-state index contributed by atoms with van der Waals surface area (Å²) in [7, 11) is 0. The third-order valence-electron chi connectivity index (χ3n) is 2.55. The number of benzene rings is 2. The molecule has 0 aliphatic heterocycles. The summed E-state index contributed by atoms with van der Waals surface area (Å²) in [4.78, 5) is 0. The third-order valence-corrected chi connectivity index (χ3v) is 2.55. The van der Waals surface area contributed by atoms with Crippen LogP contribution in [0, 0.1) is 24.4 Å². The Hall–Kier alpha value is -1.97. The largest absolute Gasteiger partial charge is 0.398 e. The molecule has 0 aromatic heterocycles. The van der Waals surface area contributed by atoms with Gasteiger partial charge in [0.2, 0.25) is 0 Å². The minimum absolute atomic E-state index is 0.0330. The second kappa shape index (κ2) is 4.13. The number of hydrogen-bond acceptors (Lipinski definition) is 1. The maximum absolute atomic E-state index is 13.7. The number of anilines is 1. The van der Waals surface area contributed by atoms with E-state index in [-0.39, 0.29) is 22.4 Å². The number of halogens is 3. The molecule has 2 aromatic carbocycles. The quantitative estimate of drug-likeness (QED) is 0.752. The third kappa shape index (κ3) is 2.11. The smallest absolute Gasteiger partial charge is 0.131 e. The zero-order chi connectivity index (χ0) is 12.6. The van der Waals surface area contributed by atoms with Crippen molar-refractivity contribution < 1.29 is 13.2 Å². The summed E-state index contributed by atoms with van der Waals surface area (Å²) < 4.78 is 39.9. The van der Waals surface area contributed by atoms with Gasteiger partial charge < -0.3 is 5.73 Å². The summed E-state index contributed by atoms with van der Waals surface area (Å²) in [6.07, 6.45) is 0. The molecule has 4 heteroatoms. The summed E-state index contributed by atoms with van der Waals surface area (Å²) in [5, 5.41) is 0. The highest BCUT2D eigenvalue weighted by Gasteiger charge is 2.12. The molecule has 0 bridgehead atoms. The van der Waals surface area contributed by atoms with Gasteiger partial charge in [0.15, 0.2) is 0 Å². The highest BCUT2D eigenvalue weighted by molar-refractivity contribution is 5.76. The van der Waals surface area contributed by atoms with Crippen LogP contribution in [0.1, 0.15) is 5.56 Å². The molecular formula is C13H10F3N. The minimum atomic E-state index is -0.581. The Morgan fingerprint density at radius 3 is 2.24 bits per heavy atom.